The zero-order valence-electron chi connectivity index (χ0n) is 15.5. The van der Waals surface area contributed by atoms with Crippen LogP contribution in [0.1, 0.15) is 28.5 Å². The van der Waals surface area contributed by atoms with Crippen LogP contribution in [-0.4, -0.2) is 33.3 Å². The Morgan fingerprint density at radius 2 is 1.79 bits per heavy atom. The Hall–Kier alpha value is -2.80. The predicted molar refractivity (Wildman–Crippen MR) is 104 cm³/mol. The van der Waals surface area contributed by atoms with Gasteiger partial charge in [0.15, 0.2) is 5.69 Å². The average Bonchev–Trinajstić information content (AvgIpc) is 3.18. The molecule has 0 saturated heterocycles. The summed E-state index contributed by atoms with van der Waals surface area (Å²) in [6.45, 7) is 0.583. The first-order valence-electron chi connectivity index (χ1n) is 9.10. The van der Waals surface area contributed by atoms with Crippen molar-refractivity contribution < 1.29 is 18.0 Å². The van der Waals surface area contributed by atoms with Crippen LogP contribution in [0.3, 0.4) is 0 Å². The molecule has 1 aliphatic rings. The van der Waals surface area contributed by atoms with Crippen LogP contribution in [0.15, 0.2) is 48.5 Å². The molecule has 1 aliphatic heterocycles. The molecule has 0 saturated carbocycles. The molecule has 1 aromatic heterocycles. The summed E-state index contributed by atoms with van der Waals surface area (Å²) >= 11 is 6.34. The molecule has 2 heterocycles. The Bertz CT molecular complexity index is 1070. The van der Waals surface area contributed by atoms with Gasteiger partial charge in [-0.2, -0.15) is 18.3 Å². The second kappa shape index (κ2) is 7.22. The van der Waals surface area contributed by atoms with E-state index in [0.29, 0.717) is 22.0 Å². The van der Waals surface area contributed by atoms with Crippen molar-refractivity contribution >= 4 is 17.5 Å². The highest BCUT2D eigenvalue weighted by atomic mass is 35.5. The van der Waals surface area contributed by atoms with Gasteiger partial charge in [-0.15, -0.1) is 0 Å². The number of carbonyl (C=O) groups excluding carboxylic acids is 1. The van der Waals surface area contributed by atoms with Gasteiger partial charge in [0.1, 0.15) is 6.54 Å². The Balaban J connectivity index is 1.87. The third-order valence-electron chi connectivity index (χ3n) is 4.91. The minimum atomic E-state index is -4.47. The molecule has 150 valence electrons. The SMILES string of the molecule is CCc1ccc(-c2c3c(nn2-c2ccccc2Cl)C(=O)N(CC(F)(F)F)C3)cc1. The summed E-state index contributed by atoms with van der Waals surface area (Å²) in [6.07, 6.45) is -3.61. The van der Waals surface area contributed by atoms with E-state index in [1.807, 2.05) is 31.2 Å². The molecule has 1 amide bonds. The summed E-state index contributed by atoms with van der Waals surface area (Å²) in [6, 6.07) is 14.7. The van der Waals surface area contributed by atoms with Crippen molar-refractivity contribution in [1.29, 1.82) is 0 Å². The molecule has 4 nitrogen and oxygen atoms in total. The maximum absolute atomic E-state index is 12.9. The topological polar surface area (TPSA) is 38.1 Å². The molecular formula is C21H17ClF3N3O. The molecule has 4 rings (SSSR count). The fraction of sp³-hybridized carbons (Fsp3) is 0.238. The van der Waals surface area contributed by atoms with Gasteiger partial charge in [-0.05, 0) is 24.1 Å². The number of alkyl halides is 3. The van der Waals surface area contributed by atoms with Crippen molar-refractivity contribution in [2.75, 3.05) is 6.54 Å². The van der Waals surface area contributed by atoms with Gasteiger partial charge in [0.05, 0.1) is 22.9 Å². The van der Waals surface area contributed by atoms with Crippen LogP contribution in [0.4, 0.5) is 13.2 Å². The summed E-state index contributed by atoms with van der Waals surface area (Å²) in [5, 5.41) is 4.81. The maximum atomic E-state index is 12.9. The number of fused-ring (bicyclic) bond motifs is 1. The number of rotatable bonds is 4. The standard InChI is InChI=1S/C21H17ClF3N3O/c1-2-13-7-9-14(10-8-13)19-15-11-27(12-21(23,24)25)20(29)18(15)26-28(19)17-6-4-3-5-16(17)22/h3-10H,2,11-12H2,1H3. The van der Waals surface area contributed by atoms with Gasteiger partial charge in [0.2, 0.25) is 0 Å². The number of halogens is 4. The highest BCUT2D eigenvalue weighted by molar-refractivity contribution is 6.32. The van der Waals surface area contributed by atoms with Crippen LogP contribution in [-0.2, 0) is 13.0 Å². The minimum absolute atomic E-state index is 0.0312. The molecule has 0 aliphatic carbocycles. The molecule has 29 heavy (non-hydrogen) atoms. The fourth-order valence-corrected chi connectivity index (χ4v) is 3.74. The van der Waals surface area contributed by atoms with Crippen LogP contribution < -0.4 is 0 Å². The first-order valence-corrected chi connectivity index (χ1v) is 9.48. The van der Waals surface area contributed by atoms with Gasteiger partial charge in [0, 0.05) is 11.1 Å². The lowest BCUT2D eigenvalue weighted by Gasteiger charge is -2.19. The van der Waals surface area contributed by atoms with E-state index in [1.165, 1.54) is 0 Å². The number of carbonyl (C=O) groups is 1. The smallest absolute Gasteiger partial charge is 0.324 e. The van der Waals surface area contributed by atoms with Crippen LogP contribution in [0.25, 0.3) is 16.9 Å². The quantitative estimate of drug-likeness (QED) is 0.577. The molecule has 0 atom stereocenters. The van der Waals surface area contributed by atoms with Crippen molar-refractivity contribution in [3.63, 3.8) is 0 Å². The molecule has 2 aromatic carbocycles. The Morgan fingerprint density at radius 3 is 2.41 bits per heavy atom. The lowest BCUT2D eigenvalue weighted by atomic mass is 10.0. The zero-order chi connectivity index (χ0) is 20.8. The predicted octanol–water partition coefficient (Wildman–Crippen LogP) is 5.27. The second-order valence-electron chi connectivity index (χ2n) is 6.87. The molecule has 0 fully saturated rings. The van der Waals surface area contributed by atoms with E-state index in [2.05, 4.69) is 5.10 Å². The first kappa shape index (κ1) is 19.5. The van der Waals surface area contributed by atoms with Crippen LogP contribution in [0, 0.1) is 0 Å². The number of nitrogens with zero attached hydrogens (tertiary/aromatic N) is 3. The summed E-state index contributed by atoms with van der Waals surface area (Å²) < 4.78 is 40.2. The molecule has 0 spiro atoms. The largest absolute Gasteiger partial charge is 0.406 e. The van der Waals surface area contributed by atoms with Crippen molar-refractivity contribution in [2.45, 2.75) is 26.1 Å². The number of aryl methyl sites for hydroxylation is 1. The average molecular weight is 420 g/mol. The molecule has 0 radical (unpaired) electrons. The molecular weight excluding hydrogens is 403 g/mol. The lowest BCUT2D eigenvalue weighted by Crippen LogP contribution is -2.34. The van der Waals surface area contributed by atoms with Gasteiger partial charge >= 0.3 is 6.18 Å². The Labute approximate surface area is 170 Å². The van der Waals surface area contributed by atoms with E-state index in [-0.39, 0.29) is 12.2 Å². The fourth-order valence-electron chi connectivity index (χ4n) is 3.52. The minimum Gasteiger partial charge on any atom is -0.324 e. The molecule has 3 aromatic rings. The number of aromatic nitrogens is 2. The zero-order valence-corrected chi connectivity index (χ0v) is 16.3. The number of benzene rings is 2. The number of hydrogen-bond acceptors (Lipinski definition) is 2. The maximum Gasteiger partial charge on any atom is 0.406 e. The summed E-state index contributed by atoms with van der Waals surface area (Å²) in [4.78, 5) is 13.4. The van der Waals surface area contributed by atoms with Crippen molar-refractivity contribution in [3.05, 3.63) is 70.4 Å². The summed E-state index contributed by atoms with van der Waals surface area (Å²) in [5.74, 6) is -0.727. The van der Waals surface area contributed by atoms with Gasteiger partial charge in [-0.1, -0.05) is 54.9 Å². The van der Waals surface area contributed by atoms with Crippen LogP contribution in [0.2, 0.25) is 5.02 Å². The van der Waals surface area contributed by atoms with Gasteiger partial charge < -0.3 is 4.90 Å². The normalized spacial score (nSPS) is 13.8. The lowest BCUT2D eigenvalue weighted by molar-refractivity contribution is -0.141. The molecule has 0 N–H and O–H groups in total. The van der Waals surface area contributed by atoms with Crippen molar-refractivity contribution in [3.8, 4) is 16.9 Å². The third-order valence-corrected chi connectivity index (χ3v) is 5.23. The highest BCUT2D eigenvalue weighted by Gasteiger charge is 2.41. The van der Waals surface area contributed by atoms with E-state index < -0.39 is 18.6 Å². The third kappa shape index (κ3) is 3.62. The Kier molecular flexibility index (Phi) is 4.86. The summed E-state index contributed by atoms with van der Waals surface area (Å²) in [7, 11) is 0. The van der Waals surface area contributed by atoms with Gasteiger partial charge in [-0.3, -0.25) is 4.79 Å². The van der Waals surface area contributed by atoms with Gasteiger partial charge in [0.25, 0.3) is 5.91 Å². The van der Waals surface area contributed by atoms with Gasteiger partial charge in [-0.25, -0.2) is 4.68 Å². The second-order valence-corrected chi connectivity index (χ2v) is 7.27. The number of para-hydroxylation sites is 1. The Morgan fingerprint density at radius 1 is 1.10 bits per heavy atom. The van der Waals surface area contributed by atoms with E-state index in [0.717, 1.165) is 22.4 Å². The van der Waals surface area contributed by atoms with E-state index in [1.54, 1.807) is 28.9 Å². The first-order chi connectivity index (χ1) is 13.8. The number of amides is 1. The van der Waals surface area contributed by atoms with Crippen molar-refractivity contribution in [2.24, 2.45) is 0 Å². The monoisotopic (exact) mass is 419 g/mol. The van der Waals surface area contributed by atoms with E-state index >= 15 is 0 Å². The van der Waals surface area contributed by atoms with Crippen LogP contribution >= 0.6 is 11.6 Å². The van der Waals surface area contributed by atoms with E-state index in [9.17, 15) is 18.0 Å². The van der Waals surface area contributed by atoms with Crippen molar-refractivity contribution in [1.82, 2.24) is 14.7 Å². The number of hydrogen-bond donors (Lipinski definition) is 0. The molecule has 8 heteroatoms. The highest BCUT2D eigenvalue weighted by Crippen LogP contribution is 2.37. The van der Waals surface area contributed by atoms with Crippen LogP contribution in [0.5, 0.6) is 0 Å². The molecule has 0 unspecified atom stereocenters. The molecule has 0 bridgehead atoms. The van der Waals surface area contributed by atoms with E-state index in [4.69, 9.17) is 11.6 Å². The summed E-state index contributed by atoms with van der Waals surface area (Å²) in [5.41, 5.74) is 3.54.